The topological polar surface area (TPSA) is 61.6 Å². The number of rotatable bonds is 8. The van der Waals surface area contributed by atoms with Crippen LogP contribution in [0, 0.1) is 0 Å². The van der Waals surface area contributed by atoms with Crippen LogP contribution in [0.4, 0.5) is 0 Å². The third kappa shape index (κ3) is 4.72. The number of nitrogens with two attached hydrogens (primary N) is 1. The molecule has 0 spiro atoms. The monoisotopic (exact) mass is 284 g/mol. The lowest BCUT2D eigenvalue weighted by Gasteiger charge is -2.32. The van der Waals surface area contributed by atoms with Gasteiger partial charge in [-0.3, -0.25) is 4.79 Å². The summed E-state index contributed by atoms with van der Waals surface area (Å²) in [5, 5.41) is 3.48. The number of nitrogens with one attached hydrogen (secondary N) is 1. The molecule has 1 fully saturated rings. The normalized spacial score (nSPS) is 24.8. The average Bonchev–Trinajstić information content (AvgIpc) is 2.67. The molecule has 118 valence electrons. The van der Waals surface area contributed by atoms with Gasteiger partial charge in [0.05, 0.1) is 5.54 Å². The minimum absolute atomic E-state index is 0.185. The molecule has 0 aliphatic carbocycles. The molecule has 20 heavy (non-hydrogen) atoms. The molecule has 0 bridgehead atoms. The Morgan fingerprint density at radius 1 is 1.25 bits per heavy atom. The first-order valence-electron chi connectivity index (χ1n) is 8.07. The van der Waals surface area contributed by atoms with Crippen LogP contribution in [-0.2, 0) is 4.79 Å². The second-order valence-corrected chi connectivity index (χ2v) is 5.69. The molecule has 1 heterocycles. The van der Waals surface area contributed by atoms with Crippen molar-refractivity contribution >= 4 is 5.91 Å². The maximum Gasteiger partial charge on any atom is 0.237 e. The molecule has 1 amide bonds. The molecule has 0 aromatic rings. The highest BCUT2D eigenvalue weighted by Gasteiger charge is 2.37. The molecule has 1 aliphatic heterocycles. The first kappa shape index (κ1) is 17.4. The van der Waals surface area contributed by atoms with Crippen LogP contribution in [-0.4, -0.2) is 67.1 Å². The predicted molar refractivity (Wildman–Crippen MR) is 83.7 cm³/mol. The number of carbonyl (C=O) groups is 1. The summed E-state index contributed by atoms with van der Waals surface area (Å²) in [4.78, 5) is 16.7. The van der Waals surface area contributed by atoms with Crippen LogP contribution < -0.4 is 11.1 Å². The summed E-state index contributed by atoms with van der Waals surface area (Å²) in [7, 11) is 0. The molecule has 3 N–H and O–H groups in total. The van der Waals surface area contributed by atoms with E-state index in [0.29, 0.717) is 0 Å². The third-order valence-corrected chi connectivity index (χ3v) is 4.64. The minimum Gasteiger partial charge on any atom is -0.368 e. The fourth-order valence-electron chi connectivity index (χ4n) is 3.01. The van der Waals surface area contributed by atoms with Gasteiger partial charge in [0.1, 0.15) is 0 Å². The van der Waals surface area contributed by atoms with Crippen molar-refractivity contribution in [2.24, 2.45) is 5.73 Å². The van der Waals surface area contributed by atoms with Crippen LogP contribution in [0.25, 0.3) is 0 Å². The van der Waals surface area contributed by atoms with E-state index in [1.54, 1.807) is 0 Å². The molecule has 1 atom stereocenters. The van der Waals surface area contributed by atoms with Gasteiger partial charge in [-0.2, -0.15) is 0 Å². The van der Waals surface area contributed by atoms with Crippen molar-refractivity contribution in [2.45, 2.75) is 45.6 Å². The Morgan fingerprint density at radius 2 is 1.95 bits per heavy atom. The van der Waals surface area contributed by atoms with E-state index in [1.807, 2.05) is 0 Å². The lowest BCUT2D eigenvalue weighted by Crippen LogP contribution is -2.57. The molecular formula is C15H32N4O. The van der Waals surface area contributed by atoms with E-state index in [1.165, 1.54) is 0 Å². The van der Waals surface area contributed by atoms with E-state index in [4.69, 9.17) is 5.73 Å². The van der Waals surface area contributed by atoms with Gasteiger partial charge in [0.15, 0.2) is 0 Å². The number of hydrogen-bond acceptors (Lipinski definition) is 4. The van der Waals surface area contributed by atoms with Crippen molar-refractivity contribution in [1.82, 2.24) is 15.1 Å². The van der Waals surface area contributed by atoms with E-state index in [-0.39, 0.29) is 5.91 Å². The predicted octanol–water partition coefficient (Wildman–Crippen LogP) is 0.648. The van der Waals surface area contributed by atoms with Gasteiger partial charge < -0.3 is 20.9 Å². The van der Waals surface area contributed by atoms with Crippen LogP contribution >= 0.6 is 0 Å². The van der Waals surface area contributed by atoms with Crippen LogP contribution in [0.3, 0.4) is 0 Å². The number of likely N-dealkylation sites (tertiary alicyclic amines) is 1. The average molecular weight is 284 g/mol. The summed E-state index contributed by atoms with van der Waals surface area (Å²) >= 11 is 0. The number of amides is 1. The first-order chi connectivity index (χ1) is 9.57. The lowest BCUT2D eigenvalue weighted by molar-refractivity contribution is -0.125. The second kappa shape index (κ2) is 8.60. The smallest absolute Gasteiger partial charge is 0.237 e. The van der Waals surface area contributed by atoms with Crippen molar-refractivity contribution in [2.75, 3.05) is 45.8 Å². The summed E-state index contributed by atoms with van der Waals surface area (Å²) in [5.74, 6) is -0.185. The van der Waals surface area contributed by atoms with Crippen LogP contribution in [0.5, 0.6) is 0 Å². The summed E-state index contributed by atoms with van der Waals surface area (Å²) in [6.07, 6.45) is 2.72. The van der Waals surface area contributed by atoms with Crippen LogP contribution in [0.15, 0.2) is 0 Å². The highest BCUT2D eigenvalue weighted by atomic mass is 16.1. The molecule has 1 unspecified atom stereocenters. The fourth-order valence-corrected chi connectivity index (χ4v) is 3.01. The molecule has 0 radical (unpaired) electrons. The van der Waals surface area contributed by atoms with Crippen molar-refractivity contribution in [3.05, 3.63) is 0 Å². The highest BCUT2D eigenvalue weighted by molar-refractivity contribution is 5.84. The Labute approximate surface area is 123 Å². The molecule has 0 aromatic carbocycles. The van der Waals surface area contributed by atoms with Crippen LogP contribution in [0.1, 0.15) is 40.0 Å². The fraction of sp³-hybridized carbons (Fsp3) is 0.933. The number of hydrogen-bond donors (Lipinski definition) is 2. The largest absolute Gasteiger partial charge is 0.368 e. The summed E-state index contributed by atoms with van der Waals surface area (Å²) in [6, 6.07) is 0. The van der Waals surface area contributed by atoms with Gasteiger partial charge in [-0.25, -0.2) is 0 Å². The Balaban J connectivity index is 2.56. The Morgan fingerprint density at radius 3 is 2.50 bits per heavy atom. The highest BCUT2D eigenvalue weighted by Crippen LogP contribution is 2.22. The molecule has 0 aromatic heterocycles. The number of likely N-dealkylation sites (N-methyl/N-ethyl adjacent to an activating group) is 1. The van der Waals surface area contributed by atoms with E-state index >= 15 is 0 Å². The van der Waals surface area contributed by atoms with Gasteiger partial charge in [-0.05, 0) is 45.4 Å². The zero-order valence-electron chi connectivity index (χ0n) is 13.5. The summed E-state index contributed by atoms with van der Waals surface area (Å²) in [6.45, 7) is 13.5. The third-order valence-electron chi connectivity index (χ3n) is 4.64. The zero-order valence-corrected chi connectivity index (χ0v) is 13.5. The number of primary amides is 1. The van der Waals surface area contributed by atoms with Crippen LogP contribution in [0.2, 0.25) is 0 Å². The molecular weight excluding hydrogens is 252 g/mol. The molecule has 1 rings (SSSR count). The van der Waals surface area contributed by atoms with E-state index in [0.717, 1.165) is 65.1 Å². The van der Waals surface area contributed by atoms with Gasteiger partial charge in [0.2, 0.25) is 5.91 Å². The Hall–Kier alpha value is -0.650. The molecule has 0 saturated carbocycles. The summed E-state index contributed by atoms with van der Waals surface area (Å²) in [5.41, 5.74) is 5.20. The van der Waals surface area contributed by atoms with Gasteiger partial charge in [0, 0.05) is 19.6 Å². The van der Waals surface area contributed by atoms with Gasteiger partial charge in [0.25, 0.3) is 0 Å². The van der Waals surface area contributed by atoms with Gasteiger partial charge in [-0.1, -0.05) is 20.8 Å². The minimum atomic E-state index is -0.503. The van der Waals surface area contributed by atoms with Crippen molar-refractivity contribution in [1.29, 1.82) is 0 Å². The van der Waals surface area contributed by atoms with E-state index in [2.05, 4.69) is 35.9 Å². The Kier molecular flexibility index (Phi) is 7.48. The molecule has 1 aliphatic rings. The summed E-state index contributed by atoms with van der Waals surface area (Å²) < 4.78 is 0. The van der Waals surface area contributed by atoms with Gasteiger partial charge in [-0.15, -0.1) is 0 Å². The second-order valence-electron chi connectivity index (χ2n) is 5.69. The maximum atomic E-state index is 12.0. The molecule has 5 heteroatoms. The zero-order chi connectivity index (χ0) is 15.0. The van der Waals surface area contributed by atoms with Crippen molar-refractivity contribution in [3.8, 4) is 0 Å². The van der Waals surface area contributed by atoms with Crippen molar-refractivity contribution in [3.63, 3.8) is 0 Å². The molecule has 1 saturated heterocycles. The lowest BCUT2D eigenvalue weighted by atomic mass is 9.89. The number of carbonyl (C=O) groups excluding carboxylic acids is 1. The standard InChI is InChI=1S/C15H32N4O/c1-4-18(5-2)13-10-17-15(14(16)20)8-7-11-19(6-3)12-9-15/h17H,4-13H2,1-3H3,(H2,16,20). The molecule has 5 nitrogen and oxygen atoms in total. The first-order valence-corrected chi connectivity index (χ1v) is 8.07. The quantitative estimate of drug-likeness (QED) is 0.687. The number of nitrogens with zero attached hydrogens (tertiary/aromatic N) is 2. The van der Waals surface area contributed by atoms with Gasteiger partial charge >= 0.3 is 0 Å². The Bertz CT molecular complexity index is 294. The maximum absolute atomic E-state index is 12.0. The van der Waals surface area contributed by atoms with Crippen molar-refractivity contribution < 1.29 is 4.79 Å². The SMILES string of the molecule is CCN(CC)CCNC1(C(N)=O)CCCN(CC)CC1. The van der Waals surface area contributed by atoms with E-state index in [9.17, 15) is 4.79 Å². The van der Waals surface area contributed by atoms with E-state index < -0.39 is 5.54 Å².